The van der Waals surface area contributed by atoms with E-state index in [1.807, 2.05) is 6.07 Å². The number of benzene rings is 2. The van der Waals surface area contributed by atoms with Crippen molar-refractivity contribution in [2.24, 2.45) is 0 Å². The summed E-state index contributed by atoms with van der Waals surface area (Å²) in [6.07, 6.45) is 1.37. The Kier molecular flexibility index (Phi) is 5.99. The number of H-pyrrole nitrogens is 1. The van der Waals surface area contributed by atoms with Gasteiger partial charge in [0.2, 0.25) is 0 Å². The van der Waals surface area contributed by atoms with Crippen molar-refractivity contribution in [3.8, 4) is 5.75 Å². The molecule has 0 saturated carbocycles. The van der Waals surface area contributed by atoms with Crippen LogP contribution >= 0.6 is 35.0 Å². The number of thioether (sulfide) groups is 1. The molecule has 2 aromatic carbocycles. The largest absolute Gasteiger partial charge is 0.506 e. The highest BCUT2D eigenvalue weighted by Gasteiger charge is 2.15. The predicted molar refractivity (Wildman–Crippen MR) is 109 cm³/mol. The van der Waals surface area contributed by atoms with Crippen molar-refractivity contribution in [2.75, 3.05) is 5.75 Å². The van der Waals surface area contributed by atoms with E-state index in [2.05, 4.69) is 4.98 Å². The zero-order chi connectivity index (χ0) is 19.6. The standard InChI is InChI=1S/C19H15Cl2NO4S/c20-12-8-13(21)15-14(9-12)22-18(24)17(16(15)23)27-6-2-4-10-3-1-5-11(7-10)19(25)26/h1,3,5,7-9H,2,4,6H2,(H,25,26)(H2,22,23,24). The first kappa shape index (κ1) is 19.6. The predicted octanol–water partition coefficient (Wildman–Crippen LogP) is 4.96. The highest BCUT2D eigenvalue weighted by atomic mass is 35.5. The smallest absolute Gasteiger partial charge is 0.335 e. The van der Waals surface area contributed by atoms with Crippen LogP contribution in [0.5, 0.6) is 5.75 Å². The van der Waals surface area contributed by atoms with Crippen molar-refractivity contribution < 1.29 is 15.0 Å². The van der Waals surface area contributed by atoms with Crippen LogP contribution in [0.3, 0.4) is 0 Å². The number of fused-ring (bicyclic) bond motifs is 1. The quantitative estimate of drug-likeness (QED) is 0.384. The highest BCUT2D eigenvalue weighted by Crippen LogP contribution is 2.37. The van der Waals surface area contributed by atoms with Gasteiger partial charge in [0.25, 0.3) is 5.56 Å². The second kappa shape index (κ2) is 8.25. The molecule has 140 valence electrons. The Balaban J connectivity index is 1.73. The maximum atomic E-state index is 12.3. The Bertz CT molecular complexity index is 1080. The van der Waals surface area contributed by atoms with Gasteiger partial charge in [-0.25, -0.2) is 4.79 Å². The molecule has 1 aromatic heterocycles. The third kappa shape index (κ3) is 4.40. The van der Waals surface area contributed by atoms with Gasteiger partial charge in [-0.1, -0.05) is 35.3 Å². The molecule has 8 heteroatoms. The highest BCUT2D eigenvalue weighted by molar-refractivity contribution is 7.99. The van der Waals surface area contributed by atoms with Crippen LogP contribution in [0.2, 0.25) is 10.0 Å². The van der Waals surface area contributed by atoms with Crippen LogP contribution in [-0.4, -0.2) is 26.9 Å². The first-order valence-corrected chi connectivity index (χ1v) is 9.80. The molecule has 0 atom stereocenters. The normalized spacial score (nSPS) is 11.0. The fourth-order valence-electron chi connectivity index (χ4n) is 2.76. The Morgan fingerprint density at radius 2 is 1.96 bits per heavy atom. The maximum absolute atomic E-state index is 12.3. The zero-order valence-electron chi connectivity index (χ0n) is 14.0. The van der Waals surface area contributed by atoms with Gasteiger partial charge in [-0.3, -0.25) is 4.79 Å². The fourth-order valence-corrected chi connectivity index (χ4v) is 4.25. The first-order chi connectivity index (χ1) is 12.9. The van der Waals surface area contributed by atoms with Crippen LogP contribution < -0.4 is 5.56 Å². The Morgan fingerprint density at radius 1 is 1.19 bits per heavy atom. The van der Waals surface area contributed by atoms with Gasteiger partial charge in [0, 0.05) is 5.02 Å². The minimum atomic E-state index is -0.962. The summed E-state index contributed by atoms with van der Waals surface area (Å²) >= 11 is 13.3. The number of aromatic amines is 1. The maximum Gasteiger partial charge on any atom is 0.335 e. The molecule has 0 fully saturated rings. The molecule has 1 heterocycles. The van der Waals surface area contributed by atoms with E-state index in [9.17, 15) is 14.7 Å². The van der Waals surface area contributed by atoms with Crippen LogP contribution in [0.4, 0.5) is 0 Å². The summed E-state index contributed by atoms with van der Waals surface area (Å²) in [5, 5.41) is 20.5. The molecule has 0 spiro atoms. The van der Waals surface area contributed by atoms with Gasteiger partial charge >= 0.3 is 5.97 Å². The number of aromatic hydroxyl groups is 1. The SMILES string of the molecule is O=C(O)c1cccc(CCCSc2c(O)c3c(Cl)cc(Cl)cc3[nH]c2=O)c1. The third-order valence-electron chi connectivity index (χ3n) is 3.99. The van der Waals surface area contributed by atoms with E-state index in [-0.39, 0.29) is 21.2 Å². The molecule has 0 aliphatic carbocycles. The van der Waals surface area contributed by atoms with E-state index < -0.39 is 11.5 Å². The molecule has 0 aliphatic rings. The van der Waals surface area contributed by atoms with Gasteiger partial charge in [0.05, 0.1) is 21.5 Å². The Labute approximate surface area is 168 Å². The van der Waals surface area contributed by atoms with Crippen LogP contribution in [-0.2, 0) is 6.42 Å². The molecule has 0 aliphatic heterocycles. The summed E-state index contributed by atoms with van der Waals surface area (Å²) in [6.45, 7) is 0. The summed E-state index contributed by atoms with van der Waals surface area (Å²) in [7, 11) is 0. The number of hydrogen-bond donors (Lipinski definition) is 3. The van der Waals surface area contributed by atoms with Gasteiger partial charge in [-0.2, -0.15) is 0 Å². The number of aryl methyl sites for hydroxylation is 1. The van der Waals surface area contributed by atoms with Gasteiger partial charge in [-0.05, 0) is 48.4 Å². The number of aromatic carboxylic acids is 1. The number of halogens is 2. The third-order valence-corrected chi connectivity index (χ3v) is 5.67. The molecular weight excluding hydrogens is 409 g/mol. The average molecular weight is 424 g/mol. The molecule has 3 N–H and O–H groups in total. The number of carboxylic acids is 1. The number of pyridine rings is 1. The lowest BCUT2D eigenvalue weighted by atomic mass is 10.1. The lowest BCUT2D eigenvalue weighted by Gasteiger charge is -2.09. The van der Waals surface area contributed by atoms with E-state index in [0.29, 0.717) is 34.5 Å². The monoisotopic (exact) mass is 423 g/mol. The first-order valence-electron chi connectivity index (χ1n) is 8.06. The summed E-state index contributed by atoms with van der Waals surface area (Å²) in [5.74, 6) is -0.547. The number of carboxylic acid groups (broad SMARTS) is 1. The van der Waals surface area contributed by atoms with Gasteiger partial charge in [-0.15, -0.1) is 11.8 Å². The number of carbonyl (C=O) groups is 1. The van der Waals surface area contributed by atoms with Crippen LogP contribution in [0, 0.1) is 0 Å². The molecule has 5 nitrogen and oxygen atoms in total. The van der Waals surface area contributed by atoms with E-state index in [0.717, 1.165) is 5.56 Å². The number of aromatic nitrogens is 1. The molecular formula is C19H15Cl2NO4S. The minimum absolute atomic E-state index is 0.159. The van der Waals surface area contributed by atoms with Crippen molar-refractivity contribution in [1.82, 2.24) is 4.98 Å². The summed E-state index contributed by atoms with van der Waals surface area (Å²) in [4.78, 5) is 26.2. The average Bonchev–Trinajstić information content (AvgIpc) is 2.60. The van der Waals surface area contributed by atoms with E-state index in [4.69, 9.17) is 28.3 Å². The van der Waals surface area contributed by atoms with Crippen LogP contribution in [0.25, 0.3) is 10.9 Å². The van der Waals surface area contributed by atoms with Crippen molar-refractivity contribution in [3.63, 3.8) is 0 Å². The van der Waals surface area contributed by atoms with Crippen molar-refractivity contribution >= 4 is 51.8 Å². The second-order valence-corrected chi connectivity index (χ2v) is 7.85. The van der Waals surface area contributed by atoms with Crippen molar-refractivity contribution in [3.05, 3.63) is 67.9 Å². The van der Waals surface area contributed by atoms with E-state index in [1.54, 1.807) is 18.2 Å². The fraction of sp³-hybridized carbons (Fsp3) is 0.158. The molecule has 0 bridgehead atoms. The van der Waals surface area contributed by atoms with Gasteiger partial charge < -0.3 is 15.2 Å². The lowest BCUT2D eigenvalue weighted by Crippen LogP contribution is -2.09. The van der Waals surface area contributed by atoms with Gasteiger partial charge in [0.15, 0.2) is 0 Å². The second-order valence-electron chi connectivity index (χ2n) is 5.90. The number of hydrogen-bond acceptors (Lipinski definition) is 4. The summed E-state index contributed by atoms with van der Waals surface area (Å²) in [5.41, 5.74) is 1.13. The van der Waals surface area contributed by atoms with Gasteiger partial charge in [0.1, 0.15) is 10.6 Å². The Hall–Kier alpha value is -2.15. The number of nitrogens with one attached hydrogen (secondary N) is 1. The molecule has 3 aromatic rings. The zero-order valence-corrected chi connectivity index (χ0v) is 16.3. The van der Waals surface area contributed by atoms with Crippen molar-refractivity contribution in [2.45, 2.75) is 17.7 Å². The minimum Gasteiger partial charge on any atom is -0.506 e. The molecule has 0 saturated heterocycles. The summed E-state index contributed by atoms with van der Waals surface area (Å²) < 4.78 is 0. The molecule has 3 rings (SSSR count). The molecule has 0 amide bonds. The van der Waals surface area contributed by atoms with Crippen LogP contribution in [0.1, 0.15) is 22.3 Å². The van der Waals surface area contributed by atoms with E-state index >= 15 is 0 Å². The molecule has 0 radical (unpaired) electrons. The Morgan fingerprint density at radius 3 is 2.70 bits per heavy atom. The molecule has 27 heavy (non-hydrogen) atoms. The van der Waals surface area contributed by atoms with Crippen LogP contribution in [0.15, 0.2) is 46.1 Å². The molecule has 0 unspecified atom stereocenters. The summed E-state index contributed by atoms with van der Waals surface area (Å²) in [6, 6.07) is 9.79. The number of rotatable bonds is 6. The van der Waals surface area contributed by atoms with Crippen molar-refractivity contribution in [1.29, 1.82) is 0 Å². The topological polar surface area (TPSA) is 90.4 Å². The lowest BCUT2D eigenvalue weighted by molar-refractivity contribution is 0.0696. The van der Waals surface area contributed by atoms with E-state index in [1.165, 1.54) is 23.9 Å².